The van der Waals surface area contributed by atoms with Crippen LogP contribution >= 0.6 is 0 Å². The zero-order valence-corrected chi connectivity index (χ0v) is 10.9. The van der Waals surface area contributed by atoms with Crippen LogP contribution in [-0.2, 0) is 4.79 Å². The van der Waals surface area contributed by atoms with Crippen LogP contribution in [0.2, 0.25) is 0 Å². The fourth-order valence-corrected chi connectivity index (χ4v) is 1.59. The van der Waals surface area contributed by atoms with E-state index in [0.717, 1.165) is 5.01 Å². The standard InChI is InChI=1S/C10H15F6N3O/c1-8(9(11,12)13,10(14,15)16)7(20)17-19-5-3-18(2)4-6-19/h3-6H2,1-2H3,(H,17,20). The lowest BCUT2D eigenvalue weighted by molar-refractivity contribution is -0.320. The molecular formula is C10H15F6N3O. The first kappa shape index (κ1) is 17.0. The Labute approximate surface area is 111 Å². The Morgan fingerprint density at radius 3 is 1.70 bits per heavy atom. The van der Waals surface area contributed by atoms with E-state index in [1.54, 1.807) is 12.5 Å². The normalized spacial score (nSPS) is 20.0. The van der Waals surface area contributed by atoms with Crippen molar-refractivity contribution in [3.8, 4) is 0 Å². The van der Waals surface area contributed by atoms with Crippen LogP contribution in [0.3, 0.4) is 0 Å². The van der Waals surface area contributed by atoms with E-state index < -0.39 is 23.7 Å². The maximum absolute atomic E-state index is 12.7. The number of likely N-dealkylation sites (N-methyl/N-ethyl adjacent to an activating group) is 1. The molecule has 1 fully saturated rings. The van der Waals surface area contributed by atoms with Crippen LogP contribution in [0.5, 0.6) is 0 Å². The lowest BCUT2D eigenvalue weighted by Crippen LogP contribution is -2.62. The molecule has 0 aliphatic carbocycles. The molecule has 1 rings (SSSR count). The molecule has 118 valence electrons. The molecule has 10 heteroatoms. The maximum Gasteiger partial charge on any atom is 0.411 e. The van der Waals surface area contributed by atoms with Gasteiger partial charge in [0.1, 0.15) is 0 Å². The molecule has 0 aromatic heterocycles. The van der Waals surface area contributed by atoms with Crippen LogP contribution in [0.4, 0.5) is 26.3 Å². The summed E-state index contributed by atoms with van der Waals surface area (Å²) < 4.78 is 76.0. The SMILES string of the molecule is CN1CCN(NC(=O)C(C)(C(F)(F)F)C(F)(F)F)CC1. The molecule has 0 aromatic rings. The van der Waals surface area contributed by atoms with Crippen molar-refractivity contribution < 1.29 is 31.1 Å². The second kappa shape index (κ2) is 5.40. The van der Waals surface area contributed by atoms with E-state index in [1.807, 2.05) is 4.90 Å². The summed E-state index contributed by atoms with van der Waals surface area (Å²) in [6.45, 7) is 1.05. The van der Waals surface area contributed by atoms with Crippen molar-refractivity contribution in [2.24, 2.45) is 5.41 Å². The fourth-order valence-electron chi connectivity index (χ4n) is 1.59. The van der Waals surface area contributed by atoms with Crippen LogP contribution in [0.15, 0.2) is 0 Å². The number of carbonyl (C=O) groups is 1. The number of carbonyl (C=O) groups excluding carboxylic acids is 1. The zero-order chi connectivity index (χ0) is 15.8. The molecular weight excluding hydrogens is 292 g/mol. The minimum Gasteiger partial charge on any atom is -0.304 e. The van der Waals surface area contributed by atoms with Gasteiger partial charge in [0.25, 0.3) is 5.91 Å². The van der Waals surface area contributed by atoms with Gasteiger partial charge in [-0.05, 0) is 14.0 Å². The number of hydrogen-bond acceptors (Lipinski definition) is 3. The van der Waals surface area contributed by atoms with Crippen molar-refractivity contribution in [3.63, 3.8) is 0 Å². The average Bonchev–Trinajstić information content (AvgIpc) is 2.28. The highest BCUT2D eigenvalue weighted by atomic mass is 19.4. The van der Waals surface area contributed by atoms with E-state index >= 15 is 0 Å². The number of rotatable bonds is 2. The fraction of sp³-hybridized carbons (Fsp3) is 0.900. The van der Waals surface area contributed by atoms with Crippen LogP contribution in [0.1, 0.15) is 6.92 Å². The molecule has 0 spiro atoms. The predicted octanol–water partition coefficient (Wildman–Crippen LogP) is 1.40. The number of halogens is 6. The van der Waals surface area contributed by atoms with Crippen molar-refractivity contribution in [3.05, 3.63) is 0 Å². The van der Waals surface area contributed by atoms with Crippen LogP contribution < -0.4 is 5.43 Å². The molecule has 0 aromatic carbocycles. The second-order valence-corrected chi connectivity index (χ2v) is 4.85. The molecule has 1 N–H and O–H groups in total. The van der Waals surface area contributed by atoms with Crippen LogP contribution in [0, 0.1) is 5.41 Å². The highest BCUT2D eigenvalue weighted by molar-refractivity contribution is 5.83. The molecule has 0 radical (unpaired) electrons. The van der Waals surface area contributed by atoms with Gasteiger partial charge in [-0.2, -0.15) is 26.3 Å². The van der Waals surface area contributed by atoms with Gasteiger partial charge >= 0.3 is 12.4 Å². The Balaban J connectivity index is 2.86. The number of hydrogen-bond donors (Lipinski definition) is 1. The van der Waals surface area contributed by atoms with Gasteiger partial charge in [0, 0.05) is 26.2 Å². The number of hydrazine groups is 1. The largest absolute Gasteiger partial charge is 0.411 e. The van der Waals surface area contributed by atoms with Crippen molar-refractivity contribution in [2.75, 3.05) is 33.2 Å². The number of piperazine rings is 1. The number of nitrogens with zero attached hydrogens (tertiary/aromatic N) is 2. The van der Waals surface area contributed by atoms with E-state index in [4.69, 9.17) is 0 Å². The van der Waals surface area contributed by atoms with Gasteiger partial charge in [-0.3, -0.25) is 10.2 Å². The minimum absolute atomic E-state index is 0.154. The molecule has 1 aliphatic rings. The summed E-state index contributed by atoms with van der Waals surface area (Å²) in [5.41, 5.74) is -2.71. The first-order valence-corrected chi connectivity index (χ1v) is 5.77. The zero-order valence-electron chi connectivity index (χ0n) is 10.9. The van der Waals surface area contributed by atoms with Crippen molar-refractivity contribution >= 4 is 5.91 Å². The summed E-state index contributed by atoms with van der Waals surface area (Å²) in [4.78, 5) is 13.3. The third kappa shape index (κ3) is 3.17. The van der Waals surface area contributed by atoms with Crippen LogP contribution in [-0.4, -0.2) is 61.4 Å². The summed E-state index contributed by atoms with van der Waals surface area (Å²) in [7, 11) is 1.76. The molecule has 0 bridgehead atoms. The molecule has 0 saturated carbocycles. The highest BCUT2D eigenvalue weighted by Crippen LogP contribution is 2.50. The van der Waals surface area contributed by atoms with Crippen molar-refractivity contribution in [1.82, 2.24) is 15.3 Å². The Kier molecular flexibility index (Phi) is 4.59. The van der Waals surface area contributed by atoms with E-state index in [1.165, 1.54) is 0 Å². The molecule has 1 aliphatic heterocycles. The first-order chi connectivity index (χ1) is 8.89. The molecule has 0 unspecified atom stereocenters. The van der Waals surface area contributed by atoms with E-state index in [-0.39, 0.29) is 20.0 Å². The molecule has 20 heavy (non-hydrogen) atoms. The van der Waals surface area contributed by atoms with Gasteiger partial charge in [-0.25, -0.2) is 5.01 Å². The molecule has 0 atom stereocenters. The Hall–Kier alpha value is -1.03. The Morgan fingerprint density at radius 2 is 1.35 bits per heavy atom. The maximum atomic E-state index is 12.7. The summed E-state index contributed by atoms with van der Waals surface area (Å²) >= 11 is 0. The number of nitrogens with one attached hydrogen (secondary N) is 1. The molecule has 1 heterocycles. The topological polar surface area (TPSA) is 35.6 Å². The first-order valence-electron chi connectivity index (χ1n) is 5.77. The third-order valence-electron chi connectivity index (χ3n) is 3.35. The summed E-state index contributed by atoms with van der Waals surface area (Å²) in [6, 6.07) is 0. The summed E-state index contributed by atoms with van der Waals surface area (Å²) in [6.07, 6.45) is -11.4. The third-order valence-corrected chi connectivity index (χ3v) is 3.35. The van der Waals surface area contributed by atoms with Gasteiger partial charge in [-0.15, -0.1) is 0 Å². The van der Waals surface area contributed by atoms with Crippen LogP contribution in [0.25, 0.3) is 0 Å². The minimum atomic E-state index is -5.72. The van der Waals surface area contributed by atoms with Gasteiger partial charge in [0.2, 0.25) is 5.41 Å². The lowest BCUT2D eigenvalue weighted by Gasteiger charge is -2.37. The average molecular weight is 307 g/mol. The van der Waals surface area contributed by atoms with E-state index in [9.17, 15) is 31.1 Å². The molecule has 4 nitrogen and oxygen atoms in total. The van der Waals surface area contributed by atoms with E-state index in [0.29, 0.717) is 13.1 Å². The number of amides is 1. The molecule has 1 amide bonds. The monoisotopic (exact) mass is 307 g/mol. The van der Waals surface area contributed by atoms with E-state index in [2.05, 4.69) is 0 Å². The highest BCUT2D eigenvalue weighted by Gasteiger charge is 2.72. The van der Waals surface area contributed by atoms with Gasteiger partial charge in [0.05, 0.1) is 0 Å². The summed E-state index contributed by atoms with van der Waals surface area (Å²) in [5, 5.41) is 1.07. The lowest BCUT2D eigenvalue weighted by atomic mass is 9.88. The van der Waals surface area contributed by atoms with Crippen molar-refractivity contribution in [2.45, 2.75) is 19.3 Å². The van der Waals surface area contributed by atoms with Gasteiger partial charge in [-0.1, -0.05) is 0 Å². The van der Waals surface area contributed by atoms with Crippen molar-refractivity contribution in [1.29, 1.82) is 0 Å². The Morgan fingerprint density at radius 1 is 0.950 bits per heavy atom. The second-order valence-electron chi connectivity index (χ2n) is 4.85. The van der Waals surface area contributed by atoms with Gasteiger partial charge < -0.3 is 4.90 Å². The predicted molar refractivity (Wildman–Crippen MR) is 57.4 cm³/mol. The smallest absolute Gasteiger partial charge is 0.304 e. The quantitative estimate of drug-likeness (QED) is 0.783. The Bertz CT molecular complexity index is 345. The number of alkyl halides is 6. The summed E-state index contributed by atoms with van der Waals surface area (Å²) in [5.74, 6) is -2.11. The van der Waals surface area contributed by atoms with Gasteiger partial charge in [0.15, 0.2) is 0 Å². The molecule has 1 saturated heterocycles.